The first kappa shape index (κ1) is 16.0. The van der Waals surface area contributed by atoms with Crippen LogP contribution in [0.4, 0.5) is 0 Å². The Labute approximate surface area is 138 Å². The van der Waals surface area contributed by atoms with Gasteiger partial charge in [0.15, 0.2) is 0 Å². The summed E-state index contributed by atoms with van der Waals surface area (Å²) < 4.78 is 0. The highest BCUT2D eigenvalue weighted by Gasteiger charge is 2.26. The molecule has 1 aromatic rings. The van der Waals surface area contributed by atoms with E-state index in [1.165, 1.54) is 5.56 Å². The van der Waals surface area contributed by atoms with Gasteiger partial charge in [0.1, 0.15) is 0 Å². The average molecular weight is 311 g/mol. The van der Waals surface area contributed by atoms with Gasteiger partial charge in [0.25, 0.3) is 0 Å². The minimum atomic E-state index is 0.0246. The molecule has 23 heavy (non-hydrogen) atoms. The van der Waals surface area contributed by atoms with E-state index in [4.69, 9.17) is 5.26 Å². The molecule has 2 aliphatic rings. The number of likely N-dealkylation sites (tertiary alicyclic amines) is 2. The van der Waals surface area contributed by atoms with Crippen LogP contribution in [0.1, 0.15) is 37.2 Å². The maximum atomic E-state index is 12.5. The second-order valence-electron chi connectivity index (χ2n) is 6.77. The lowest BCUT2D eigenvalue weighted by atomic mass is 9.89. The van der Waals surface area contributed by atoms with E-state index in [1.54, 1.807) is 0 Å². The van der Waals surface area contributed by atoms with Gasteiger partial charge in [-0.25, -0.2) is 0 Å². The van der Waals surface area contributed by atoms with Crippen LogP contribution in [-0.2, 0) is 4.79 Å². The number of hydrogen-bond acceptors (Lipinski definition) is 3. The maximum absolute atomic E-state index is 12.5. The van der Waals surface area contributed by atoms with Crippen LogP contribution in [0.25, 0.3) is 0 Å². The zero-order chi connectivity index (χ0) is 16.1. The second kappa shape index (κ2) is 7.61. The molecule has 4 heteroatoms. The zero-order valence-electron chi connectivity index (χ0n) is 13.7. The number of rotatable bonds is 3. The van der Waals surface area contributed by atoms with Crippen LogP contribution < -0.4 is 0 Å². The highest BCUT2D eigenvalue weighted by Crippen LogP contribution is 2.27. The van der Waals surface area contributed by atoms with E-state index in [-0.39, 0.29) is 11.8 Å². The van der Waals surface area contributed by atoms with Crippen molar-refractivity contribution in [1.29, 1.82) is 5.26 Å². The van der Waals surface area contributed by atoms with E-state index in [1.807, 2.05) is 4.90 Å². The molecule has 2 fully saturated rings. The molecule has 0 unspecified atom stereocenters. The molecule has 4 nitrogen and oxygen atoms in total. The normalized spacial score (nSPS) is 23.4. The Hall–Kier alpha value is -1.86. The molecule has 1 atom stereocenters. The topological polar surface area (TPSA) is 47.3 Å². The summed E-state index contributed by atoms with van der Waals surface area (Å²) in [6, 6.07) is 13.0. The van der Waals surface area contributed by atoms with E-state index < -0.39 is 0 Å². The monoisotopic (exact) mass is 311 g/mol. The van der Waals surface area contributed by atoms with Gasteiger partial charge in [-0.2, -0.15) is 5.26 Å². The van der Waals surface area contributed by atoms with Gasteiger partial charge in [-0.15, -0.1) is 0 Å². The highest BCUT2D eigenvalue weighted by molar-refractivity contribution is 5.78. The lowest BCUT2D eigenvalue weighted by Crippen LogP contribution is -2.46. The number of amides is 1. The van der Waals surface area contributed by atoms with Crippen molar-refractivity contribution in [2.75, 3.05) is 32.7 Å². The molecule has 0 radical (unpaired) electrons. The predicted molar refractivity (Wildman–Crippen MR) is 89.8 cm³/mol. The Morgan fingerprint density at radius 1 is 1.13 bits per heavy atom. The van der Waals surface area contributed by atoms with Crippen LogP contribution in [0.5, 0.6) is 0 Å². The Morgan fingerprint density at radius 3 is 2.57 bits per heavy atom. The van der Waals surface area contributed by atoms with Gasteiger partial charge in [0, 0.05) is 13.1 Å². The lowest BCUT2D eigenvalue weighted by Gasteiger charge is -2.35. The van der Waals surface area contributed by atoms with E-state index in [0.29, 0.717) is 19.0 Å². The third kappa shape index (κ3) is 4.11. The van der Waals surface area contributed by atoms with Gasteiger partial charge < -0.3 is 4.90 Å². The van der Waals surface area contributed by atoms with Crippen molar-refractivity contribution in [2.24, 2.45) is 5.92 Å². The van der Waals surface area contributed by atoms with E-state index >= 15 is 0 Å². The SMILES string of the molecule is N#C[C@H]1CCCN(C(=O)CN2CCC(c3ccccc3)CC2)C1. The van der Waals surface area contributed by atoms with E-state index in [2.05, 4.69) is 41.3 Å². The van der Waals surface area contributed by atoms with Crippen molar-refractivity contribution in [1.82, 2.24) is 9.80 Å². The molecule has 0 spiro atoms. The molecule has 1 amide bonds. The quantitative estimate of drug-likeness (QED) is 0.862. The lowest BCUT2D eigenvalue weighted by molar-refractivity contribution is -0.134. The zero-order valence-corrected chi connectivity index (χ0v) is 13.7. The van der Waals surface area contributed by atoms with Crippen molar-refractivity contribution in [3.05, 3.63) is 35.9 Å². The number of hydrogen-bond donors (Lipinski definition) is 0. The smallest absolute Gasteiger partial charge is 0.236 e. The molecule has 122 valence electrons. The summed E-state index contributed by atoms with van der Waals surface area (Å²) in [4.78, 5) is 16.6. The average Bonchev–Trinajstić information content (AvgIpc) is 2.63. The molecule has 1 aromatic carbocycles. The molecular formula is C19H25N3O. The van der Waals surface area contributed by atoms with Crippen LogP contribution in [-0.4, -0.2) is 48.4 Å². The molecule has 2 saturated heterocycles. The Bertz CT molecular complexity index is 558. The van der Waals surface area contributed by atoms with Gasteiger partial charge in [-0.1, -0.05) is 30.3 Å². The van der Waals surface area contributed by atoms with Crippen LogP contribution in [0, 0.1) is 17.2 Å². The minimum absolute atomic E-state index is 0.0246. The van der Waals surface area contributed by atoms with E-state index in [9.17, 15) is 4.79 Å². The van der Waals surface area contributed by atoms with Gasteiger partial charge in [0.2, 0.25) is 5.91 Å². The molecule has 2 aliphatic heterocycles. The molecule has 0 aliphatic carbocycles. The third-order valence-electron chi connectivity index (χ3n) is 5.17. The summed E-state index contributed by atoms with van der Waals surface area (Å²) in [7, 11) is 0. The molecule has 0 saturated carbocycles. The molecular weight excluding hydrogens is 286 g/mol. The first-order valence-corrected chi connectivity index (χ1v) is 8.71. The highest BCUT2D eigenvalue weighted by atomic mass is 16.2. The number of benzene rings is 1. The van der Waals surface area contributed by atoms with Gasteiger partial charge in [-0.05, 0) is 50.3 Å². The van der Waals surface area contributed by atoms with Gasteiger partial charge in [0.05, 0.1) is 18.5 Å². The van der Waals surface area contributed by atoms with Gasteiger partial charge in [-0.3, -0.25) is 9.69 Å². The Morgan fingerprint density at radius 2 is 1.87 bits per heavy atom. The minimum Gasteiger partial charge on any atom is -0.340 e. The van der Waals surface area contributed by atoms with Crippen molar-refractivity contribution >= 4 is 5.91 Å². The number of carbonyl (C=O) groups is 1. The largest absolute Gasteiger partial charge is 0.340 e. The van der Waals surface area contributed by atoms with Crippen LogP contribution in [0.2, 0.25) is 0 Å². The van der Waals surface area contributed by atoms with Crippen LogP contribution in [0.15, 0.2) is 30.3 Å². The third-order valence-corrected chi connectivity index (χ3v) is 5.17. The van der Waals surface area contributed by atoms with Crippen LogP contribution in [0.3, 0.4) is 0 Å². The summed E-state index contributed by atoms with van der Waals surface area (Å²) in [5.74, 6) is 0.847. The van der Waals surface area contributed by atoms with Crippen molar-refractivity contribution in [2.45, 2.75) is 31.6 Å². The van der Waals surface area contributed by atoms with E-state index in [0.717, 1.165) is 45.3 Å². The fraction of sp³-hybridized carbons (Fsp3) is 0.579. The van der Waals surface area contributed by atoms with Crippen molar-refractivity contribution in [3.63, 3.8) is 0 Å². The number of nitrogens with zero attached hydrogens (tertiary/aromatic N) is 3. The van der Waals surface area contributed by atoms with Crippen LogP contribution >= 0.6 is 0 Å². The Balaban J connectivity index is 1.47. The summed E-state index contributed by atoms with van der Waals surface area (Å²) >= 11 is 0. The summed E-state index contributed by atoms with van der Waals surface area (Å²) in [5.41, 5.74) is 1.42. The number of piperidine rings is 2. The predicted octanol–water partition coefficient (Wildman–Crippen LogP) is 2.63. The summed E-state index contributed by atoms with van der Waals surface area (Å²) in [6.07, 6.45) is 4.14. The van der Waals surface area contributed by atoms with Crippen molar-refractivity contribution in [3.8, 4) is 6.07 Å². The summed E-state index contributed by atoms with van der Waals surface area (Å²) in [6.45, 7) is 3.93. The second-order valence-corrected chi connectivity index (χ2v) is 6.77. The Kier molecular flexibility index (Phi) is 5.30. The van der Waals surface area contributed by atoms with Crippen molar-refractivity contribution < 1.29 is 4.79 Å². The molecule has 3 rings (SSSR count). The molecule has 0 bridgehead atoms. The summed E-state index contributed by atoms with van der Waals surface area (Å²) in [5, 5.41) is 9.05. The fourth-order valence-electron chi connectivity index (χ4n) is 3.75. The maximum Gasteiger partial charge on any atom is 0.236 e. The molecule has 0 N–H and O–H groups in total. The standard InChI is InChI=1S/C19H25N3O/c20-13-16-5-4-10-22(14-16)19(23)15-21-11-8-18(9-12-21)17-6-2-1-3-7-17/h1-3,6-7,16,18H,4-5,8-12,14-15H2/t16-/m1/s1. The first-order chi connectivity index (χ1) is 11.3. The number of nitriles is 1. The molecule has 2 heterocycles. The van der Waals surface area contributed by atoms with Gasteiger partial charge >= 0.3 is 0 Å². The fourth-order valence-corrected chi connectivity index (χ4v) is 3.75. The number of carbonyl (C=O) groups excluding carboxylic acids is 1. The first-order valence-electron chi connectivity index (χ1n) is 8.71. The molecule has 0 aromatic heterocycles.